The maximum atomic E-state index is 11.4. The Hall–Kier alpha value is -1.39. The fourth-order valence-corrected chi connectivity index (χ4v) is 1.25. The quantitative estimate of drug-likeness (QED) is 0.719. The highest BCUT2D eigenvalue weighted by Gasteiger charge is 2.02. The van der Waals surface area contributed by atoms with Gasteiger partial charge >= 0.3 is 0 Å². The second-order valence-corrected chi connectivity index (χ2v) is 3.46. The van der Waals surface area contributed by atoms with Gasteiger partial charge in [-0.25, -0.2) is 0 Å². The van der Waals surface area contributed by atoms with Crippen LogP contribution in [0.5, 0.6) is 0 Å². The summed E-state index contributed by atoms with van der Waals surface area (Å²) in [6, 6.07) is 7.09. The van der Waals surface area contributed by atoms with E-state index in [4.69, 9.17) is 9.84 Å². The van der Waals surface area contributed by atoms with Crippen LogP contribution < -0.4 is 5.32 Å². The van der Waals surface area contributed by atoms with Gasteiger partial charge in [0.15, 0.2) is 0 Å². The summed E-state index contributed by atoms with van der Waals surface area (Å²) < 4.78 is 5.11. The predicted molar refractivity (Wildman–Crippen MR) is 62.1 cm³/mol. The van der Waals surface area contributed by atoms with Crippen molar-refractivity contribution in [3.63, 3.8) is 0 Å². The molecule has 1 rings (SSSR count). The third-order valence-corrected chi connectivity index (χ3v) is 1.97. The predicted octanol–water partition coefficient (Wildman–Crippen LogP) is 1.54. The van der Waals surface area contributed by atoms with Crippen molar-refractivity contribution >= 4 is 11.6 Å². The van der Waals surface area contributed by atoms with Crippen LogP contribution in [0.15, 0.2) is 24.3 Å². The molecule has 0 atom stereocenters. The number of amides is 1. The van der Waals surface area contributed by atoms with E-state index in [1.165, 1.54) is 0 Å². The van der Waals surface area contributed by atoms with Gasteiger partial charge in [-0.05, 0) is 24.1 Å². The standard InChI is InChI=1S/C12H17NO3/c1-2-6-16-9-12(15)13-11-5-3-4-10(7-11)8-14/h3-5,7,14H,2,6,8-9H2,1H3,(H,13,15). The lowest BCUT2D eigenvalue weighted by Crippen LogP contribution is -2.18. The first-order valence-electron chi connectivity index (χ1n) is 5.33. The van der Waals surface area contributed by atoms with Gasteiger partial charge in [-0.1, -0.05) is 19.1 Å². The van der Waals surface area contributed by atoms with E-state index in [0.29, 0.717) is 12.3 Å². The number of anilines is 1. The van der Waals surface area contributed by atoms with Crippen LogP contribution >= 0.6 is 0 Å². The van der Waals surface area contributed by atoms with E-state index in [-0.39, 0.29) is 19.1 Å². The summed E-state index contributed by atoms with van der Waals surface area (Å²) in [4.78, 5) is 11.4. The third kappa shape index (κ3) is 4.42. The molecular weight excluding hydrogens is 206 g/mol. The molecule has 0 spiro atoms. The van der Waals surface area contributed by atoms with Gasteiger partial charge < -0.3 is 15.2 Å². The molecule has 0 radical (unpaired) electrons. The highest BCUT2D eigenvalue weighted by Crippen LogP contribution is 2.10. The summed E-state index contributed by atoms with van der Waals surface area (Å²) in [6.45, 7) is 2.61. The van der Waals surface area contributed by atoms with Crippen molar-refractivity contribution in [2.24, 2.45) is 0 Å². The van der Waals surface area contributed by atoms with E-state index in [9.17, 15) is 4.79 Å². The number of ether oxygens (including phenoxy) is 1. The molecule has 1 amide bonds. The van der Waals surface area contributed by atoms with Gasteiger partial charge in [0.1, 0.15) is 6.61 Å². The van der Waals surface area contributed by atoms with Crippen molar-refractivity contribution in [3.05, 3.63) is 29.8 Å². The first-order chi connectivity index (χ1) is 7.76. The molecule has 4 nitrogen and oxygen atoms in total. The fourth-order valence-electron chi connectivity index (χ4n) is 1.25. The van der Waals surface area contributed by atoms with Gasteiger partial charge in [0.2, 0.25) is 5.91 Å². The van der Waals surface area contributed by atoms with Crippen LogP contribution in [0.2, 0.25) is 0 Å². The second kappa shape index (κ2) is 6.98. The zero-order valence-corrected chi connectivity index (χ0v) is 9.40. The van der Waals surface area contributed by atoms with Crippen LogP contribution in [0.3, 0.4) is 0 Å². The topological polar surface area (TPSA) is 58.6 Å². The number of carbonyl (C=O) groups excluding carboxylic acids is 1. The zero-order valence-electron chi connectivity index (χ0n) is 9.40. The van der Waals surface area contributed by atoms with Crippen LogP contribution in [-0.2, 0) is 16.1 Å². The SMILES string of the molecule is CCCOCC(=O)Nc1cccc(CO)c1. The van der Waals surface area contributed by atoms with Crippen LogP contribution in [-0.4, -0.2) is 24.2 Å². The van der Waals surface area contributed by atoms with E-state index in [2.05, 4.69) is 5.32 Å². The maximum Gasteiger partial charge on any atom is 0.250 e. The van der Waals surface area contributed by atoms with Gasteiger partial charge in [-0.2, -0.15) is 0 Å². The Morgan fingerprint density at radius 1 is 1.50 bits per heavy atom. The summed E-state index contributed by atoms with van der Waals surface area (Å²) in [7, 11) is 0. The Balaban J connectivity index is 2.43. The normalized spacial score (nSPS) is 10.1. The monoisotopic (exact) mass is 223 g/mol. The van der Waals surface area contributed by atoms with Crippen LogP contribution in [0, 0.1) is 0 Å². The van der Waals surface area contributed by atoms with Gasteiger partial charge in [0.25, 0.3) is 0 Å². The molecular formula is C12H17NO3. The molecule has 4 heteroatoms. The molecule has 2 N–H and O–H groups in total. The number of benzene rings is 1. The van der Waals surface area contributed by atoms with Crippen molar-refractivity contribution in [3.8, 4) is 0 Å². The number of nitrogens with one attached hydrogen (secondary N) is 1. The van der Waals surface area contributed by atoms with Gasteiger partial charge in [-0.3, -0.25) is 4.79 Å². The Morgan fingerprint density at radius 2 is 2.31 bits per heavy atom. The summed E-state index contributed by atoms with van der Waals surface area (Å²) in [5.74, 6) is -0.177. The number of carbonyl (C=O) groups is 1. The zero-order chi connectivity index (χ0) is 11.8. The summed E-state index contributed by atoms with van der Waals surface area (Å²) >= 11 is 0. The molecule has 88 valence electrons. The maximum absolute atomic E-state index is 11.4. The van der Waals surface area contributed by atoms with E-state index in [0.717, 1.165) is 12.0 Å². The van der Waals surface area contributed by atoms with E-state index in [1.54, 1.807) is 24.3 Å². The number of rotatable bonds is 6. The molecule has 1 aromatic rings. The lowest BCUT2D eigenvalue weighted by atomic mass is 10.2. The highest BCUT2D eigenvalue weighted by atomic mass is 16.5. The molecule has 0 bridgehead atoms. The van der Waals surface area contributed by atoms with Crippen molar-refractivity contribution in [1.29, 1.82) is 0 Å². The fraction of sp³-hybridized carbons (Fsp3) is 0.417. The molecule has 0 fully saturated rings. The van der Waals surface area contributed by atoms with Crippen molar-refractivity contribution < 1.29 is 14.6 Å². The van der Waals surface area contributed by atoms with Crippen LogP contribution in [0.25, 0.3) is 0 Å². The molecule has 0 aliphatic carbocycles. The Kier molecular flexibility index (Phi) is 5.53. The van der Waals surface area contributed by atoms with E-state index in [1.807, 2.05) is 6.92 Å². The lowest BCUT2D eigenvalue weighted by molar-refractivity contribution is -0.120. The van der Waals surface area contributed by atoms with Gasteiger partial charge in [0.05, 0.1) is 6.61 Å². The van der Waals surface area contributed by atoms with E-state index >= 15 is 0 Å². The van der Waals surface area contributed by atoms with Crippen LogP contribution in [0.4, 0.5) is 5.69 Å². The van der Waals surface area contributed by atoms with Crippen molar-refractivity contribution in [1.82, 2.24) is 0 Å². The largest absolute Gasteiger partial charge is 0.392 e. The highest BCUT2D eigenvalue weighted by molar-refractivity contribution is 5.91. The van der Waals surface area contributed by atoms with Crippen LogP contribution in [0.1, 0.15) is 18.9 Å². The molecule has 0 saturated carbocycles. The summed E-state index contributed by atoms with van der Waals surface area (Å²) in [6.07, 6.45) is 0.896. The third-order valence-electron chi connectivity index (χ3n) is 1.97. The average Bonchev–Trinajstić information content (AvgIpc) is 2.29. The smallest absolute Gasteiger partial charge is 0.250 e. The molecule has 0 aliphatic heterocycles. The molecule has 16 heavy (non-hydrogen) atoms. The molecule has 1 aromatic carbocycles. The van der Waals surface area contributed by atoms with Gasteiger partial charge in [-0.15, -0.1) is 0 Å². The number of aliphatic hydroxyl groups excluding tert-OH is 1. The Morgan fingerprint density at radius 3 is 3.00 bits per heavy atom. The Bertz CT molecular complexity index is 339. The molecule has 0 unspecified atom stereocenters. The second-order valence-electron chi connectivity index (χ2n) is 3.46. The summed E-state index contributed by atoms with van der Waals surface area (Å²) in [5, 5.41) is 11.6. The molecule has 0 heterocycles. The molecule has 0 aliphatic rings. The molecule has 0 aromatic heterocycles. The minimum atomic E-state index is -0.177. The van der Waals surface area contributed by atoms with Crippen molar-refractivity contribution in [2.75, 3.05) is 18.5 Å². The number of hydrogen-bond donors (Lipinski definition) is 2. The van der Waals surface area contributed by atoms with E-state index < -0.39 is 0 Å². The number of aliphatic hydroxyl groups is 1. The molecule has 0 saturated heterocycles. The first-order valence-corrected chi connectivity index (χ1v) is 5.33. The Labute approximate surface area is 95.2 Å². The van der Waals surface area contributed by atoms with Gasteiger partial charge in [0, 0.05) is 12.3 Å². The lowest BCUT2D eigenvalue weighted by Gasteiger charge is -2.06. The van der Waals surface area contributed by atoms with Crippen molar-refractivity contribution in [2.45, 2.75) is 20.0 Å². The summed E-state index contributed by atoms with van der Waals surface area (Å²) in [5.41, 5.74) is 1.45. The average molecular weight is 223 g/mol. The minimum absolute atomic E-state index is 0.0317. The number of hydrogen-bond acceptors (Lipinski definition) is 3. The minimum Gasteiger partial charge on any atom is -0.392 e. The first kappa shape index (κ1) is 12.7.